The Morgan fingerprint density at radius 2 is 1.72 bits per heavy atom. The minimum atomic E-state index is -0.884. The van der Waals surface area contributed by atoms with Gasteiger partial charge in [-0.05, 0) is 82.5 Å². The SMILES string of the molecule is CC(C)(C)NC(=O)[C@@H]1CC2CCCCC2CN1C[C@@H](O)[C@H](Cc1ccccc1)NC(=O)[C@H](CCN)NCc1ccc2ccccc2n1. The average Bonchev–Trinajstić information content (AvgIpc) is 3.05. The first-order valence-corrected chi connectivity index (χ1v) is 17.5. The van der Waals surface area contributed by atoms with Crippen molar-refractivity contribution in [3.05, 3.63) is 78.0 Å². The Balaban J connectivity index is 1.31. The van der Waals surface area contributed by atoms with E-state index in [-0.39, 0.29) is 23.4 Å². The average molecular weight is 643 g/mol. The Labute approximate surface area is 280 Å². The third-order valence-electron chi connectivity index (χ3n) is 9.77. The summed E-state index contributed by atoms with van der Waals surface area (Å²) in [6, 6.07) is 20.5. The Morgan fingerprint density at radius 3 is 2.47 bits per heavy atom. The molecule has 1 aliphatic heterocycles. The molecule has 47 heavy (non-hydrogen) atoms. The molecule has 2 unspecified atom stereocenters. The molecule has 0 bridgehead atoms. The first kappa shape index (κ1) is 35.0. The number of likely N-dealkylation sites (tertiary alicyclic amines) is 1. The van der Waals surface area contributed by atoms with Crippen molar-refractivity contribution in [2.45, 2.75) is 102 Å². The number of aliphatic hydroxyl groups is 1. The predicted octanol–water partition coefficient (Wildman–Crippen LogP) is 3.93. The number of nitrogens with two attached hydrogens (primary N) is 1. The summed E-state index contributed by atoms with van der Waals surface area (Å²) >= 11 is 0. The number of pyridine rings is 1. The summed E-state index contributed by atoms with van der Waals surface area (Å²) in [5, 5.41) is 22.7. The van der Waals surface area contributed by atoms with Crippen molar-refractivity contribution in [3.8, 4) is 0 Å². The normalized spacial score (nSPS) is 22.2. The third-order valence-corrected chi connectivity index (χ3v) is 9.77. The van der Waals surface area contributed by atoms with Gasteiger partial charge in [-0.15, -0.1) is 0 Å². The third kappa shape index (κ3) is 9.83. The molecule has 5 rings (SSSR count). The highest BCUT2D eigenvalue weighted by Crippen LogP contribution is 2.39. The molecule has 0 radical (unpaired) electrons. The number of carbonyl (C=O) groups is 2. The van der Waals surface area contributed by atoms with Crippen LogP contribution in [-0.2, 0) is 22.6 Å². The van der Waals surface area contributed by atoms with E-state index < -0.39 is 18.2 Å². The van der Waals surface area contributed by atoms with Crippen LogP contribution in [0, 0.1) is 11.8 Å². The molecule has 2 aromatic carbocycles. The summed E-state index contributed by atoms with van der Waals surface area (Å²) in [5.74, 6) is 0.877. The highest BCUT2D eigenvalue weighted by Gasteiger charge is 2.42. The van der Waals surface area contributed by atoms with Crippen LogP contribution in [0.3, 0.4) is 0 Å². The van der Waals surface area contributed by atoms with Gasteiger partial charge in [-0.1, -0.05) is 73.9 Å². The molecule has 1 aromatic heterocycles. The lowest BCUT2D eigenvalue weighted by Crippen LogP contribution is -2.61. The number of para-hydroxylation sites is 1. The Morgan fingerprint density at radius 1 is 1.00 bits per heavy atom. The minimum Gasteiger partial charge on any atom is -0.390 e. The highest BCUT2D eigenvalue weighted by atomic mass is 16.3. The number of rotatable bonds is 13. The molecule has 9 nitrogen and oxygen atoms in total. The zero-order valence-electron chi connectivity index (χ0n) is 28.3. The number of nitrogens with one attached hydrogen (secondary N) is 3. The molecule has 2 aliphatic rings. The van der Waals surface area contributed by atoms with Crippen molar-refractivity contribution in [2.75, 3.05) is 19.6 Å². The van der Waals surface area contributed by atoms with Crippen LogP contribution in [0.5, 0.6) is 0 Å². The van der Waals surface area contributed by atoms with Gasteiger partial charge in [0.05, 0.1) is 35.4 Å². The molecular weight excluding hydrogens is 588 g/mol. The summed E-state index contributed by atoms with van der Waals surface area (Å²) in [6.45, 7) is 7.85. The fourth-order valence-corrected chi connectivity index (χ4v) is 7.36. The van der Waals surface area contributed by atoms with Crippen molar-refractivity contribution in [1.82, 2.24) is 25.8 Å². The van der Waals surface area contributed by atoms with Crippen molar-refractivity contribution in [1.29, 1.82) is 0 Å². The number of aromatic nitrogens is 1. The number of fused-ring (bicyclic) bond motifs is 2. The first-order valence-electron chi connectivity index (χ1n) is 17.5. The van der Waals surface area contributed by atoms with Gasteiger partial charge < -0.3 is 26.8 Å². The van der Waals surface area contributed by atoms with Crippen LogP contribution in [0.1, 0.15) is 70.6 Å². The highest BCUT2D eigenvalue weighted by molar-refractivity contribution is 5.83. The second-order valence-electron chi connectivity index (χ2n) is 14.6. The fraction of sp³-hybridized carbons (Fsp3) is 0.553. The molecule has 2 amide bonds. The number of nitrogens with zero attached hydrogens (tertiary/aromatic N) is 2. The van der Waals surface area contributed by atoms with Gasteiger partial charge in [0.15, 0.2) is 0 Å². The lowest BCUT2D eigenvalue weighted by molar-refractivity contribution is -0.133. The second-order valence-corrected chi connectivity index (χ2v) is 14.6. The molecule has 254 valence electrons. The molecule has 1 saturated carbocycles. The topological polar surface area (TPSA) is 133 Å². The van der Waals surface area contributed by atoms with E-state index in [1.807, 2.05) is 87.5 Å². The van der Waals surface area contributed by atoms with Crippen LogP contribution < -0.4 is 21.7 Å². The maximum absolute atomic E-state index is 13.8. The van der Waals surface area contributed by atoms with Gasteiger partial charge in [0.1, 0.15) is 0 Å². The van der Waals surface area contributed by atoms with Gasteiger partial charge in [-0.25, -0.2) is 0 Å². The maximum atomic E-state index is 13.8. The van der Waals surface area contributed by atoms with Gasteiger partial charge in [0.2, 0.25) is 11.8 Å². The number of hydrogen-bond donors (Lipinski definition) is 5. The van der Waals surface area contributed by atoms with E-state index in [1.165, 1.54) is 12.8 Å². The minimum absolute atomic E-state index is 0.0203. The van der Waals surface area contributed by atoms with Gasteiger partial charge in [-0.2, -0.15) is 0 Å². The number of carbonyl (C=O) groups excluding carboxylic acids is 2. The van der Waals surface area contributed by atoms with E-state index in [0.717, 1.165) is 48.0 Å². The summed E-state index contributed by atoms with van der Waals surface area (Å²) in [7, 11) is 0. The number of aliphatic hydroxyl groups excluding tert-OH is 1. The zero-order valence-corrected chi connectivity index (χ0v) is 28.3. The molecule has 2 heterocycles. The van der Waals surface area contributed by atoms with Crippen molar-refractivity contribution < 1.29 is 14.7 Å². The van der Waals surface area contributed by atoms with Gasteiger partial charge in [0.25, 0.3) is 0 Å². The number of amides is 2. The second kappa shape index (κ2) is 16.2. The van der Waals surface area contributed by atoms with E-state index in [2.05, 4.69) is 20.9 Å². The van der Waals surface area contributed by atoms with Crippen LogP contribution in [0.2, 0.25) is 0 Å². The monoisotopic (exact) mass is 642 g/mol. The lowest BCUT2D eigenvalue weighted by Gasteiger charge is -2.47. The van der Waals surface area contributed by atoms with E-state index in [9.17, 15) is 14.7 Å². The van der Waals surface area contributed by atoms with Crippen LogP contribution in [0.4, 0.5) is 0 Å². The van der Waals surface area contributed by atoms with E-state index in [1.54, 1.807) is 0 Å². The zero-order chi connectivity index (χ0) is 33.4. The van der Waals surface area contributed by atoms with E-state index in [0.29, 0.717) is 44.3 Å². The molecule has 3 aromatic rings. The Bertz CT molecular complexity index is 1460. The summed E-state index contributed by atoms with van der Waals surface area (Å²) in [5.41, 5.74) is 8.38. The quantitative estimate of drug-likeness (QED) is 0.191. The molecule has 1 aliphatic carbocycles. The Kier molecular flexibility index (Phi) is 12.0. The van der Waals surface area contributed by atoms with Gasteiger partial charge >= 0.3 is 0 Å². The van der Waals surface area contributed by atoms with Gasteiger partial charge in [0, 0.05) is 30.6 Å². The molecule has 0 spiro atoms. The standard InChI is InChI=1S/C38H54N6O3/c1-38(2,3)43-37(47)34-22-28-14-7-8-15-29(28)24-44(34)25-35(45)33(21-26-11-5-4-6-12-26)42-36(46)32(19-20-39)40-23-30-18-17-27-13-9-10-16-31(27)41-30/h4-6,9-13,16-18,28-29,32-35,40,45H,7-8,14-15,19-25,39H2,1-3H3,(H,42,46)(H,43,47)/t28?,29?,32-,33-,34-,35+/m0/s1. The lowest BCUT2D eigenvalue weighted by atomic mass is 9.72. The van der Waals surface area contributed by atoms with Crippen LogP contribution in [-0.4, -0.2) is 76.2 Å². The molecule has 6 N–H and O–H groups in total. The van der Waals surface area contributed by atoms with Crippen molar-refractivity contribution >= 4 is 22.7 Å². The molecule has 6 atom stereocenters. The summed E-state index contributed by atoms with van der Waals surface area (Å²) in [4.78, 5) is 34.4. The van der Waals surface area contributed by atoms with Crippen molar-refractivity contribution in [3.63, 3.8) is 0 Å². The van der Waals surface area contributed by atoms with Crippen molar-refractivity contribution in [2.24, 2.45) is 17.6 Å². The predicted molar refractivity (Wildman–Crippen MR) is 187 cm³/mol. The number of hydrogen-bond acceptors (Lipinski definition) is 7. The maximum Gasteiger partial charge on any atom is 0.237 e. The Hall–Kier alpha value is -3.37. The number of piperidine rings is 1. The number of benzene rings is 2. The van der Waals surface area contributed by atoms with E-state index >= 15 is 0 Å². The summed E-state index contributed by atoms with van der Waals surface area (Å²) < 4.78 is 0. The first-order chi connectivity index (χ1) is 22.6. The summed E-state index contributed by atoms with van der Waals surface area (Å²) in [6.07, 6.45) is 5.59. The van der Waals surface area contributed by atoms with Crippen LogP contribution >= 0.6 is 0 Å². The largest absolute Gasteiger partial charge is 0.390 e. The molecule has 2 fully saturated rings. The van der Waals surface area contributed by atoms with Gasteiger partial charge in [-0.3, -0.25) is 19.5 Å². The number of β-amino-alcohol motifs (C(OH)–C–C–N with tert-alkyl or cyclic N) is 1. The fourth-order valence-electron chi connectivity index (χ4n) is 7.36. The molecule has 1 saturated heterocycles. The smallest absolute Gasteiger partial charge is 0.237 e. The van der Waals surface area contributed by atoms with Crippen LogP contribution in [0.15, 0.2) is 66.7 Å². The molecule has 9 heteroatoms. The van der Waals surface area contributed by atoms with E-state index in [4.69, 9.17) is 10.7 Å². The van der Waals surface area contributed by atoms with Crippen LogP contribution in [0.25, 0.3) is 10.9 Å². The molecular formula is C38H54N6O3.